The largest absolute Gasteiger partial charge is 0.495 e. The average molecular weight is 378 g/mol. The van der Waals surface area contributed by atoms with Gasteiger partial charge in [-0.25, -0.2) is 9.97 Å². The van der Waals surface area contributed by atoms with Crippen molar-refractivity contribution in [3.63, 3.8) is 0 Å². The summed E-state index contributed by atoms with van der Waals surface area (Å²) in [5.74, 6) is 1.22. The van der Waals surface area contributed by atoms with Gasteiger partial charge < -0.3 is 10.1 Å². The standard InChI is InChI=1S/C18H20ClN3O2S/c1-10(17(23)22-15-9-12(19)7-8-16(15)24-3)25-18-13-5-4-6-14(13)20-11(2)21-18/h7-10H,4-6H2,1-3H3,(H,22,23)/t10-/m0/s1. The number of carbonyl (C=O) groups excluding carboxylic acids is 1. The maximum atomic E-state index is 12.6. The van der Waals surface area contributed by atoms with Gasteiger partial charge in [0.15, 0.2) is 0 Å². The second-order valence-corrected chi connectivity index (χ2v) is 7.71. The lowest BCUT2D eigenvalue weighted by Crippen LogP contribution is -2.23. The molecule has 0 saturated heterocycles. The number of aromatic nitrogens is 2. The molecule has 0 unspecified atom stereocenters. The van der Waals surface area contributed by atoms with Crippen LogP contribution in [0.25, 0.3) is 0 Å². The Balaban J connectivity index is 1.75. The van der Waals surface area contributed by atoms with Gasteiger partial charge in [0.25, 0.3) is 0 Å². The predicted octanol–water partition coefficient (Wildman–Crippen LogP) is 4.06. The summed E-state index contributed by atoms with van der Waals surface area (Å²) in [6, 6.07) is 5.14. The van der Waals surface area contributed by atoms with Crippen molar-refractivity contribution in [1.82, 2.24) is 9.97 Å². The van der Waals surface area contributed by atoms with Gasteiger partial charge in [-0.15, -0.1) is 0 Å². The van der Waals surface area contributed by atoms with Gasteiger partial charge in [0.1, 0.15) is 16.6 Å². The molecule has 3 rings (SSSR count). The molecule has 5 nitrogen and oxygen atoms in total. The highest BCUT2D eigenvalue weighted by atomic mass is 35.5. The third-order valence-corrected chi connectivity index (χ3v) is 5.45. The van der Waals surface area contributed by atoms with Gasteiger partial charge >= 0.3 is 0 Å². The quantitative estimate of drug-likeness (QED) is 0.629. The van der Waals surface area contributed by atoms with E-state index in [1.54, 1.807) is 25.3 Å². The number of halogens is 1. The number of rotatable bonds is 5. The molecular formula is C18H20ClN3O2S. The molecule has 1 aromatic heterocycles. The van der Waals surface area contributed by atoms with Gasteiger partial charge in [0.2, 0.25) is 5.91 Å². The van der Waals surface area contributed by atoms with Crippen molar-refractivity contribution in [3.8, 4) is 5.75 Å². The molecule has 0 bridgehead atoms. The molecule has 1 aliphatic carbocycles. The number of hydrogen-bond acceptors (Lipinski definition) is 5. The fraction of sp³-hybridized carbons (Fsp3) is 0.389. The Morgan fingerprint density at radius 2 is 2.16 bits per heavy atom. The van der Waals surface area contributed by atoms with E-state index >= 15 is 0 Å². The number of benzene rings is 1. The van der Waals surface area contributed by atoms with Crippen LogP contribution < -0.4 is 10.1 Å². The smallest absolute Gasteiger partial charge is 0.237 e. The number of ether oxygens (including phenoxy) is 1. The molecule has 0 radical (unpaired) electrons. The van der Waals surface area contributed by atoms with Crippen molar-refractivity contribution in [1.29, 1.82) is 0 Å². The van der Waals surface area contributed by atoms with Crippen LogP contribution in [0.2, 0.25) is 5.02 Å². The Morgan fingerprint density at radius 3 is 2.92 bits per heavy atom. The minimum absolute atomic E-state index is 0.117. The maximum absolute atomic E-state index is 12.6. The zero-order valence-electron chi connectivity index (χ0n) is 14.4. The SMILES string of the molecule is COc1ccc(Cl)cc1NC(=O)[C@H](C)Sc1nc(C)nc2c1CCC2. The Kier molecular flexibility index (Phi) is 5.49. The summed E-state index contributed by atoms with van der Waals surface area (Å²) >= 11 is 7.49. The highest BCUT2D eigenvalue weighted by Gasteiger charge is 2.23. The lowest BCUT2D eigenvalue weighted by Gasteiger charge is -2.15. The molecular weight excluding hydrogens is 358 g/mol. The van der Waals surface area contributed by atoms with Gasteiger partial charge in [0.05, 0.1) is 18.0 Å². The van der Waals surface area contributed by atoms with Gasteiger partial charge in [-0.05, 0) is 51.3 Å². The van der Waals surface area contributed by atoms with Crippen LogP contribution in [0.5, 0.6) is 5.75 Å². The number of carbonyl (C=O) groups is 1. The van der Waals surface area contributed by atoms with Crippen LogP contribution in [0, 0.1) is 6.92 Å². The van der Waals surface area contributed by atoms with Crippen molar-refractivity contribution in [2.45, 2.75) is 43.4 Å². The molecule has 25 heavy (non-hydrogen) atoms. The average Bonchev–Trinajstić information content (AvgIpc) is 3.03. The Labute approximate surface area is 156 Å². The number of hydrogen-bond donors (Lipinski definition) is 1. The number of anilines is 1. The highest BCUT2D eigenvalue weighted by Crippen LogP contribution is 2.33. The minimum Gasteiger partial charge on any atom is -0.495 e. The third kappa shape index (κ3) is 4.07. The van der Waals surface area contributed by atoms with Gasteiger partial charge in [-0.2, -0.15) is 0 Å². The first-order valence-electron chi connectivity index (χ1n) is 8.15. The fourth-order valence-corrected chi connectivity index (χ4v) is 4.07. The van der Waals surface area contributed by atoms with E-state index in [1.165, 1.54) is 17.3 Å². The highest BCUT2D eigenvalue weighted by molar-refractivity contribution is 8.00. The van der Waals surface area contributed by atoms with Crippen molar-refractivity contribution in [3.05, 3.63) is 40.3 Å². The summed E-state index contributed by atoms with van der Waals surface area (Å²) < 4.78 is 5.27. The Morgan fingerprint density at radius 1 is 1.36 bits per heavy atom. The Hall–Kier alpha value is -1.79. The summed E-state index contributed by atoms with van der Waals surface area (Å²) in [6.45, 7) is 3.76. The Bertz CT molecular complexity index is 813. The van der Waals surface area contributed by atoms with Gasteiger partial charge in [-0.1, -0.05) is 23.4 Å². The summed E-state index contributed by atoms with van der Waals surface area (Å²) in [5.41, 5.74) is 2.88. The molecule has 132 valence electrons. The zero-order valence-corrected chi connectivity index (χ0v) is 16.0. The first-order chi connectivity index (χ1) is 12.0. The number of nitrogens with zero attached hydrogens (tertiary/aromatic N) is 2. The lowest BCUT2D eigenvalue weighted by molar-refractivity contribution is -0.115. The van der Waals surface area contributed by atoms with E-state index < -0.39 is 0 Å². The number of nitrogens with one attached hydrogen (secondary N) is 1. The van der Waals surface area contributed by atoms with Crippen molar-refractivity contribution in [2.24, 2.45) is 0 Å². The van der Waals surface area contributed by atoms with Gasteiger partial charge in [0, 0.05) is 16.3 Å². The third-order valence-electron chi connectivity index (χ3n) is 4.08. The molecule has 2 aromatic rings. The molecule has 0 aliphatic heterocycles. The van der Waals surface area contributed by atoms with E-state index in [0.29, 0.717) is 16.5 Å². The molecule has 7 heteroatoms. The minimum atomic E-state index is -0.303. The summed E-state index contributed by atoms with van der Waals surface area (Å²) in [4.78, 5) is 21.7. The normalized spacial score (nSPS) is 14.1. The predicted molar refractivity (Wildman–Crippen MR) is 101 cm³/mol. The number of aryl methyl sites for hydroxylation is 2. The van der Waals surface area contributed by atoms with E-state index in [1.807, 2.05) is 13.8 Å². The molecule has 0 spiro atoms. The van der Waals surface area contributed by atoms with E-state index in [0.717, 1.165) is 35.8 Å². The molecule has 1 aromatic carbocycles. The van der Waals surface area contributed by atoms with Crippen molar-refractivity contribution in [2.75, 3.05) is 12.4 Å². The van der Waals surface area contributed by atoms with Crippen LogP contribution in [0.15, 0.2) is 23.2 Å². The summed E-state index contributed by atoms with van der Waals surface area (Å²) in [7, 11) is 1.56. The van der Waals surface area contributed by atoms with Gasteiger partial charge in [-0.3, -0.25) is 4.79 Å². The molecule has 0 saturated carbocycles. The van der Waals surface area contributed by atoms with Crippen molar-refractivity contribution >= 4 is 35.0 Å². The monoisotopic (exact) mass is 377 g/mol. The lowest BCUT2D eigenvalue weighted by atomic mass is 10.2. The molecule has 1 atom stereocenters. The molecule has 1 amide bonds. The fourth-order valence-electron chi connectivity index (χ4n) is 2.85. The topological polar surface area (TPSA) is 64.1 Å². The summed E-state index contributed by atoms with van der Waals surface area (Å²) in [5, 5.41) is 4.05. The first-order valence-corrected chi connectivity index (χ1v) is 9.41. The maximum Gasteiger partial charge on any atom is 0.237 e. The second kappa shape index (κ2) is 7.62. The number of methoxy groups -OCH3 is 1. The van der Waals surface area contributed by atoms with Crippen LogP contribution in [-0.4, -0.2) is 28.2 Å². The number of thioether (sulfide) groups is 1. The van der Waals surface area contributed by atoms with E-state index in [9.17, 15) is 4.79 Å². The molecule has 1 heterocycles. The van der Waals surface area contributed by atoms with Crippen LogP contribution in [-0.2, 0) is 17.6 Å². The first kappa shape index (κ1) is 18.0. The molecule has 1 aliphatic rings. The van der Waals surface area contributed by atoms with Crippen molar-refractivity contribution < 1.29 is 9.53 Å². The van der Waals surface area contributed by atoms with E-state index in [4.69, 9.17) is 16.3 Å². The van der Waals surface area contributed by atoms with Crippen LogP contribution in [0.1, 0.15) is 30.4 Å². The van der Waals surface area contributed by atoms with E-state index in [2.05, 4.69) is 15.3 Å². The number of fused-ring (bicyclic) bond motifs is 1. The van der Waals surface area contributed by atoms with Crippen LogP contribution in [0.4, 0.5) is 5.69 Å². The van der Waals surface area contributed by atoms with Crippen LogP contribution in [0.3, 0.4) is 0 Å². The molecule has 1 N–H and O–H groups in total. The summed E-state index contributed by atoms with van der Waals surface area (Å²) in [6.07, 6.45) is 3.07. The molecule has 0 fully saturated rings. The number of amides is 1. The second-order valence-electron chi connectivity index (χ2n) is 5.95. The zero-order chi connectivity index (χ0) is 18.0. The van der Waals surface area contributed by atoms with E-state index in [-0.39, 0.29) is 11.2 Å². The van der Waals surface area contributed by atoms with Crippen LogP contribution >= 0.6 is 23.4 Å².